The van der Waals surface area contributed by atoms with E-state index in [1.165, 1.54) is 24.3 Å². The minimum atomic E-state index is -0.868. The Hall–Kier alpha value is -3.72. The summed E-state index contributed by atoms with van der Waals surface area (Å²) in [6.45, 7) is 3.78. The van der Waals surface area contributed by atoms with Crippen molar-refractivity contribution in [3.63, 3.8) is 0 Å². The second-order valence-electron chi connectivity index (χ2n) is 7.73. The van der Waals surface area contributed by atoms with E-state index in [1.54, 1.807) is 6.92 Å². The Morgan fingerprint density at radius 3 is 2.47 bits per heavy atom. The third kappa shape index (κ3) is 4.64. The van der Waals surface area contributed by atoms with Crippen molar-refractivity contribution in [2.75, 3.05) is 6.61 Å². The van der Waals surface area contributed by atoms with Crippen molar-refractivity contribution in [2.45, 2.75) is 26.2 Å². The molecule has 0 aliphatic carbocycles. The molecule has 0 radical (unpaired) electrons. The van der Waals surface area contributed by atoms with Gasteiger partial charge in [0.15, 0.2) is 0 Å². The highest BCUT2D eigenvalue weighted by Gasteiger charge is 2.30. The summed E-state index contributed by atoms with van der Waals surface area (Å²) in [4.78, 5) is 22.5. The summed E-state index contributed by atoms with van der Waals surface area (Å²) in [5.74, 6) is -0.525. The minimum Gasteiger partial charge on any atom is -0.460 e. The topological polar surface area (TPSA) is 93.2 Å². The number of carbonyl (C=O) groups excluding carboxylic acids is 1. The second kappa shape index (κ2) is 8.75. The summed E-state index contributed by atoms with van der Waals surface area (Å²) in [7, 11) is 0. The molecule has 0 N–H and O–H groups in total. The third-order valence-electron chi connectivity index (χ3n) is 5.22. The number of nitro groups is 1. The average molecular weight is 402 g/mol. The molecule has 3 aromatic carbocycles. The highest BCUT2D eigenvalue weighted by Crippen LogP contribution is 2.35. The van der Waals surface area contributed by atoms with Crippen LogP contribution in [0.2, 0.25) is 0 Å². The van der Waals surface area contributed by atoms with E-state index >= 15 is 0 Å². The van der Waals surface area contributed by atoms with Gasteiger partial charge >= 0.3 is 5.97 Å². The Morgan fingerprint density at radius 1 is 1.13 bits per heavy atom. The van der Waals surface area contributed by atoms with Gasteiger partial charge in [-0.1, -0.05) is 49.4 Å². The molecule has 3 rings (SSSR count). The van der Waals surface area contributed by atoms with Crippen LogP contribution in [0.25, 0.3) is 10.8 Å². The number of rotatable bonds is 7. The summed E-state index contributed by atoms with van der Waals surface area (Å²) in [5, 5.41) is 22.8. The molecule has 30 heavy (non-hydrogen) atoms. The van der Waals surface area contributed by atoms with Gasteiger partial charge in [0.2, 0.25) is 0 Å². The van der Waals surface area contributed by atoms with Gasteiger partial charge in [-0.25, -0.2) is 4.79 Å². The van der Waals surface area contributed by atoms with Crippen LogP contribution in [0.15, 0.2) is 66.7 Å². The maximum Gasteiger partial charge on any atom is 0.338 e. The van der Waals surface area contributed by atoms with Crippen molar-refractivity contribution in [3.8, 4) is 6.07 Å². The summed E-state index contributed by atoms with van der Waals surface area (Å²) >= 11 is 0. The number of nitriles is 1. The van der Waals surface area contributed by atoms with Gasteiger partial charge in [-0.3, -0.25) is 10.1 Å². The largest absolute Gasteiger partial charge is 0.460 e. The van der Waals surface area contributed by atoms with Gasteiger partial charge in [0.1, 0.15) is 6.61 Å². The number of nitro benzene ring substituents is 1. The Kier molecular flexibility index (Phi) is 6.12. The number of carbonyl (C=O) groups is 1. The number of esters is 1. The van der Waals surface area contributed by atoms with E-state index in [-0.39, 0.29) is 23.8 Å². The van der Waals surface area contributed by atoms with Crippen molar-refractivity contribution in [3.05, 3.63) is 88.0 Å². The Morgan fingerprint density at radius 2 is 1.80 bits per heavy atom. The van der Waals surface area contributed by atoms with Crippen LogP contribution in [0.3, 0.4) is 0 Å². The van der Waals surface area contributed by atoms with Crippen LogP contribution in [0.5, 0.6) is 0 Å². The molecule has 0 aliphatic rings. The predicted molar refractivity (Wildman–Crippen MR) is 114 cm³/mol. The van der Waals surface area contributed by atoms with Gasteiger partial charge in [0.25, 0.3) is 5.69 Å². The van der Waals surface area contributed by atoms with E-state index < -0.39 is 16.3 Å². The van der Waals surface area contributed by atoms with E-state index in [1.807, 2.05) is 18.2 Å². The van der Waals surface area contributed by atoms with E-state index in [0.717, 1.165) is 16.3 Å². The first-order chi connectivity index (χ1) is 14.3. The number of benzene rings is 3. The van der Waals surface area contributed by atoms with Crippen LogP contribution in [-0.2, 0) is 4.74 Å². The number of hydrogen-bond donors (Lipinski definition) is 0. The van der Waals surface area contributed by atoms with Crippen LogP contribution in [0.1, 0.15) is 42.1 Å². The SMILES string of the molecule is C[C@H](C[C@](C)(C#N)COC(=O)c1ccc([N+](=O)[O-])cc1)c1cccc2ccccc12. The number of fused-ring (bicyclic) bond motifs is 1. The number of hydrogen-bond acceptors (Lipinski definition) is 5. The van der Waals surface area contributed by atoms with Gasteiger partial charge in [-0.15, -0.1) is 0 Å². The fraction of sp³-hybridized carbons (Fsp3) is 0.250. The smallest absolute Gasteiger partial charge is 0.338 e. The fourth-order valence-corrected chi connectivity index (χ4v) is 3.63. The Bertz CT molecular complexity index is 1110. The van der Waals surface area contributed by atoms with Crippen LogP contribution in [0.4, 0.5) is 5.69 Å². The standard InChI is InChI=1S/C24H22N2O4/c1-17(21-9-5-7-18-6-3-4-8-22(18)21)14-24(2,15-25)16-30-23(27)19-10-12-20(13-11-19)26(28)29/h3-13,17H,14,16H2,1-2H3/t17-,24-/m1/s1. The highest BCUT2D eigenvalue weighted by molar-refractivity contribution is 5.89. The molecular weight excluding hydrogens is 380 g/mol. The molecule has 3 aromatic rings. The first-order valence-corrected chi connectivity index (χ1v) is 9.63. The second-order valence-corrected chi connectivity index (χ2v) is 7.73. The lowest BCUT2D eigenvalue weighted by Gasteiger charge is -2.26. The van der Waals surface area contributed by atoms with Crippen LogP contribution < -0.4 is 0 Å². The van der Waals surface area contributed by atoms with Crippen molar-refractivity contribution in [2.24, 2.45) is 5.41 Å². The highest BCUT2D eigenvalue weighted by atomic mass is 16.6. The maximum atomic E-state index is 12.3. The molecule has 0 heterocycles. The van der Waals surface area contributed by atoms with Crippen LogP contribution >= 0.6 is 0 Å². The lowest BCUT2D eigenvalue weighted by atomic mass is 9.80. The van der Waals surface area contributed by atoms with Gasteiger partial charge in [0, 0.05) is 12.1 Å². The van der Waals surface area contributed by atoms with E-state index in [0.29, 0.717) is 6.42 Å². The monoisotopic (exact) mass is 402 g/mol. The molecule has 0 amide bonds. The summed E-state index contributed by atoms with van der Waals surface area (Å²) in [5.41, 5.74) is 0.392. The lowest BCUT2D eigenvalue weighted by Crippen LogP contribution is -2.25. The van der Waals surface area contributed by atoms with E-state index in [9.17, 15) is 20.2 Å². The molecule has 2 atom stereocenters. The van der Waals surface area contributed by atoms with Crippen molar-refractivity contribution >= 4 is 22.4 Å². The number of non-ortho nitro benzene ring substituents is 1. The quantitative estimate of drug-likeness (QED) is 0.290. The molecular formula is C24H22N2O4. The molecule has 0 fully saturated rings. The van der Waals surface area contributed by atoms with Gasteiger partial charge in [0.05, 0.1) is 22.0 Å². The third-order valence-corrected chi connectivity index (χ3v) is 5.22. The molecule has 0 spiro atoms. The molecule has 152 valence electrons. The first kappa shape index (κ1) is 21.0. The molecule has 0 saturated heterocycles. The Labute approximate surface area is 174 Å². The molecule has 0 aliphatic heterocycles. The zero-order valence-corrected chi connectivity index (χ0v) is 16.9. The molecule has 6 nitrogen and oxygen atoms in total. The average Bonchev–Trinajstić information content (AvgIpc) is 2.77. The first-order valence-electron chi connectivity index (χ1n) is 9.63. The van der Waals surface area contributed by atoms with Crippen LogP contribution in [0, 0.1) is 26.9 Å². The minimum absolute atomic E-state index is 0.0611. The number of ether oxygens (including phenoxy) is 1. The molecule has 6 heteroatoms. The normalized spacial score (nSPS) is 13.8. The van der Waals surface area contributed by atoms with Crippen molar-refractivity contribution in [1.29, 1.82) is 5.26 Å². The molecule has 0 bridgehead atoms. The van der Waals surface area contributed by atoms with Crippen LogP contribution in [-0.4, -0.2) is 17.5 Å². The lowest BCUT2D eigenvalue weighted by molar-refractivity contribution is -0.384. The van der Waals surface area contributed by atoms with Gasteiger partial charge in [-0.05, 0) is 47.7 Å². The Balaban J connectivity index is 1.70. The zero-order valence-electron chi connectivity index (χ0n) is 16.9. The van der Waals surface area contributed by atoms with Gasteiger partial charge in [-0.2, -0.15) is 5.26 Å². The van der Waals surface area contributed by atoms with Crippen molar-refractivity contribution < 1.29 is 14.5 Å². The van der Waals surface area contributed by atoms with Gasteiger partial charge < -0.3 is 4.74 Å². The van der Waals surface area contributed by atoms with E-state index in [4.69, 9.17) is 4.74 Å². The molecule has 0 aromatic heterocycles. The summed E-state index contributed by atoms with van der Waals surface area (Å²) in [6, 6.07) is 21.7. The van der Waals surface area contributed by atoms with E-state index in [2.05, 4.69) is 37.3 Å². The fourth-order valence-electron chi connectivity index (χ4n) is 3.63. The van der Waals surface area contributed by atoms with Crippen molar-refractivity contribution in [1.82, 2.24) is 0 Å². The number of nitrogens with zero attached hydrogens (tertiary/aromatic N) is 2. The maximum absolute atomic E-state index is 12.3. The summed E-state index contributed by atoms with van der Waals surface area (Å²) in [6.07, 6.45) is 0.519. The summed E-state index contributed by atoms with van der Waals surface area (Å²) < 4.78 is 5.38. The molecule has 0 unspecified atom stereocenters. The molecule has 0 saturated carbocycles. The predicted octanol–water partition coefficient (Wildman–Crippen LogP) is 5.63. The zero-order chi connectivity index (χ0) is 21.7.